The third kappa shape index (κ3) is 3.87. The first-order valence-corrected chi connectivity index (χ1v) is 7.85. The number of ether oxygens (including phenoxy) is 1. The molecule has 1 aliphatic rings. The lowest BCUT2D eigenvalue weighted by Gasteiger charge is -2.36. The van der Waals surface area contributed by atoms with Crippen LogP contribution in [0.5, 0.6) is 5.75 Å². The average Bonchev–Trinajstić information content (AvgIpc) is 2.54. The first-order chi connectivity index (χ1) is 11.8. The molecular formula is C18H17F3N2O2. The fourth-order valence-corrected chi connectivity index (χ4v) is 3.20. The van der Waals surface area contributed by atoms with Crippen molar-refractivity contribution in [1.82, 2.24) is 0 Å². The molecule has 0 bridgehead atoms. The van der Waals surface area contributed by atoms with E-state index in [1.807, 2.05) is 35.2 Å². The maximum absolute atomic E-state index is 12.4. The molecule has 0 unspecified atom stereocenters. The van der Waals surface area contributed by atoms with Gasteiger partial charge in [0.25, 0.3) is 0 Å². The Balaban J connectivity index is 1.96. The average molecular weight is 350 g/mol. The van der Waals surface area contributed by atoms with Crippen molar-refractivity contribution in [2.24, 2.45) is 5.73 Å². The van der Waals surface area contributed by atoms with Gasteiger partial charge in [-0.05, 0) is 42.2 Å². The van der Waals surface area contributed by atoms with Crippen LogP contribution in [0.2, 0.25) is 0 Å². The van der Waals surface area contributed by atoms with Crippen LogP contribution in [0.1, 0.15) is 23.6 Å². The van der Waals surface area contributed by atoms with Gasteiger partial charge in [-0.1, -0.05) is 30.3 Å². The highest BCUT2D eigenvalue weighted by molar-refractivity contribution is 5.85. The van der Waals surface area contributed by atoms with Gasteiger partial charge in [0.05, 0.1) is 0 Å². The highest BCUT2D eigenvalue weighted by atomic mass is 19.4. The largest absolute Gasteiger partial charge is 0.573 e. The van der Waals surface area contributed by atoms with Crippen molar-refractivity contribution in [3.05, 3.63) is 59.7 Å². The lowest BCUT2D eigenvalue weighted by atomic mass is 9.96. The lowest BCUT2D eigenvalue weighted by molar-refractivity contribution is -0.274. The standard InChI is InChI=1S/C18H17F3N2O2/c19-18(20,21)25-14-8-9-15-13(11-14)7-4-10-23(15)16(17(22)24)12-5-2-1-3-6-12/h1-3,5-6,8-9,11,16H,4,7,10H2,(H2,22,24)/t16-/m0/s1. The van der Waals surface area contributed by atoms with Crippen LogP contribution < -0.4 is 15.4 Å². The Morgan fingerprint density at radius 2 is 1.88 bits per heavy atom. The van der Waals surface area contributed by atoms with E-state index in [0.717, 1.165) is 5.56 Å². The molecule has 1 atom stereocenters. The monoisotopic (exact) mass is 350 g/mol. The number of primary amides is 1. The summed E-state index contributed by atoms with van der Waals surface area (Å²) in [6.07, 6.45) is -3.41. The van der Waals surface area contributed by atoms with E-state index in [0.29, 0.717) is 30.6 Å². The molecule has 3 rings (SSSR count). The second-order valence-electron chi connectivity index (χ2n) is 5.85. The third-order valence-electron chi connectivity index (χ3n) is 4.14. The van der Waals surface area contributed by atoms with Gasteiger partial charge in [0.2, 0.25) is 5.91 Å². The Labute approximate surface area is 143 Å². The maximum atomic E-state index is 12.4. The molecule has 0 fully saturated rings. The Bertz CT molecular complexity index is 763. The van der Waals surface area contributed by atoms with Gasteiger partial charge in [-0.2, -0.15) is 0 Å². The predicted octanol–water partition coefficient (Wildman–Crippen LogP) is 3.56. The number of aryl methyl sites for hydroxylation is 1. The number of carbonyl (C=O) groups is 1. The zero-order valence-electron chi connectivity index (χ0n) is 13.3. The zero-order chi connectivity index (χ0) is 18.0. The normalized spacial score (nSPS) is 15.4. The molecule has 4 nitrogen and oxygen atoms in total. The van der Waals surface area contributed by atoms with Crippen LogP contribution >= 0.6 is 0 Å². The molecule has 0 saturated heterocycles. The topological polar surface area (TPSA) is 55.6 Å². The number of halogens is 3. The first kappa shape index (κ1) is 17.1. The van der Waals surface area contributed by atoms with Gasteiger partial charge in [-0.3, -0.25) is 4.79 Å². The summed E-state index contributed by atoms with van der Waals surface area (Å²) in [5.41, 5.74) is 7.77. The van der Waals surface area contributed by atoms with E-state index < -0.39 is 18.3 Å². The molecule has 2 aromatic carbocycles. The number of benzene rings is 2. The molecule has 0 radical (unpaired) electrons. The number of hydrogen-bond donors (Lipinski definition) is 1. The summed E-state index contributed by atoms with van der Waals surface area (Å²) in [4.78, 5) is 13.9. The van der Waals surface area contributed by atoms with E-state index in [-0.39, 0.29) is 5.75 Å². The van der Waals surface area contributed by atoms with Gasteiger partial charge in [-0.15, -0.1) is 13.2 Å². The zero-order valence-corrected chi connectivity index (χ0v) is 13.3. The molecule has 0 aliphatic carbocycles. The molecule has 2 N–H and O–H groups in total. The summed E-state index contributed by atoms with van der Waals surface area (Å²) < 4.78 is 41.2. The van der Waals surface area contributed by atoms with E-state index in [2.05, 4.69) is 4.74 Å². The molecule has 1 amide bonds. The van der Waals surface area contributed by atoms with E-state index in [1.165, 1.54) is 12.1 Å². The number of anilines is 1. The van der Waals surface area contributed by atoms with Crippen molar-refractivity contribution in [3.8, 4) is 5.75 Å². The van der Waals surface area contributed by atoms with Crippen molar-refractivity contribution in [2.45, 2.75) is 25.2 Å². The van der Waals surface area contributed by atoms with Crippen molar-refractivity contribution >= 4 is 11.6 Å². The van der Waals surface area contributed by atoms with E-state index in [4.69, 9.17) is 5.73 Å². The number of fused-ring (bicyclic) bond motifs is 1. The van der Waals surface area contributed by atoms with Crippen LogP contribution in [0.25, 0.3) is 0 Å². The molecule has 0 saturated carbocycles. The number of rotatable bonds is 4. The number of amides is 1. The van der Waals surface area contributed by atoms with E-state index in [9.17, 15) is 18.0 Å². The van der Waals surface area contributed by atoms with Gasteiger partial charge < -0.3 is 15.4 Å². The molecule has 0 aromatic heterocycles. The van der Waals surface area contributed by atoms with Crippen molar-refractivity contribution < 1.29 is 22.7 Å². The molecule has 25 heavy (non-hydrogen) atoms. The Kier molecular flexibility index (Phi) is 4.57. The van der Waals surface area contributed by atoms with E-state index in [1.54, 1.807) is 6.07 Å². The number of nitrogens with two attached hydrogens (primary N) is 1. The number of alkyl halides is 3. The predicted molar refractivity (Wildman–Crippen MR) is 87.2 cm³/mol. The Morgan fingerprint density at radius 1 is 1.16 bits per heavy atom. The molecule has 0 spiro atoms. The van der Waals surface area contributed by atoms with Crippen LogP contribution in [-0.4, -0.2) is 18.8 Å². The maximum Gasteiger partial charge on any atom is 0.573 e. The number of hydrogen-bond acceptors (Lipinski definition) is 3. The molecule has 1 aliphatic heterocycles. The minimum absolute atomic E-state index is 0.261. The van der Waals surface area contributed by atoms with Gasteiger partial charge in [-0.25, -0.2) is 0 Å². The number of carbonyl (C=O) groups excluding carboxylic acids is 1. The Morgan fingerprint density at radius 3 is 2.52 bits per heavy atom. The summed E-state index contributed by atoms with van der Waals surface area (Å²) in [5, 5.41) is 0. The Hall–Kier alpha value is -2.70. The summed E-state index contributed by atoms with van der Waals surface area (Å²) >= 11 is 0. The second kappa shape index (κ2) is 6.66. The van der Waals surface area contributed by atoms with Crippen molar-refractivity contribution in [2.75, 3.05) is 11.4 Å². The molecular weight excluding hydrogens is 333 g/mol. The third-order valence-corrected chi connectivity index (χ3v) is 4.14. The van der Waals surface area contributed by atoms with Crippen LogP contribution in [-0.2, 0) is 11.2 Å². The van der Waals surface area contributed by atoms with Crippen LogP contribution in [0.4, 0.5) is 18.9 Å². The van der Waals surface area contributed by atoms with Crippen LogP contribution in [0.15, 0.2) is 48.5 Å². The van der Waals surface area contributed by atoms with Crippen molar-refractivity contribution in [1.29, 1.82) is 0 Å². The molecule has 1 heterocycles. The van der Waals surface area contributed by atoms with Gasteiger partial charge >= 0.3 is 6.36 Å². The summed E-state index contributed by atoms with van der Waals surface area (Å²) in [5.74, 6) is -0.766. The number of nitrogens with zero attached hydrogens (tertiary/aromatic N) is 1. The summed E-state index contributed by atoms with van der Waals surface area (Å²) in [6.45, 7) is 0.592. The minimum Gasteiger partial charge on any atom is -0.406 e. The molecule has 2 aromatic rings. The minimum atomic E-state index is -4.73. The van der Waals surface area contributed by atoms with Gasteiger partial charge in [0.15, 0.2) is 0 Å². The molecule has 7 heteroatoms. The lowest BCUT2D eigenvalue weighted by Crippen LogP contribution is -2.40. The highest BCUT2D eigenvalue weighted by Gasteiger charge is 2.33. The van der Waals surface area contributed by atoms with Gasteiger partial charge in [0, 0.05) is 12.2 Å². The summed E-state index contributed by atoms with van der Waals surface area (Å²) in [7, 11) is 0. The van der Waals surface area contributed by atoms with Crippen LogP contribution in [0, 0.1) is 0 Å². The summed E-state index contributed by atoms with van der Waals surface area (Å²) in [6, 6.07) is 12.6. The molecule has 132 valence electrons. The SMILES string of the molecule is NC(=O)[C@H](c1ccccc1)N1CCCc2cc(OC(F)(F)F)ccc21. The second-order valence-corrected chi connectivity index (χ2v) is 5.85. The van der Waals surface area contributed by atoms with E-state index >= 15 is 0 Å². The quantitative estimate of drug-likeness (QED) is 0.917. The van der Waals surface area contributed by atoms with Crippen molar-refractivity contribution in [3.63, 3.8) is 0 Å². The fourth-order valence-electron chi connectivity index (χ4n) is 3.20. The highest BCUT2D eigenvalue weighted by Crippen LogP contribution is 2.37. The van der Waals surface area contributed by atoms with Gasteiger partial charge in [0.1, 0.15) is 11.8 Å². The first-order valence-electron chi connectivity index (χ1n) is 7.85. The fraction of sp³-hybridized carbons (Fsp3) is 0.278. The smallest absolute Gasteiger partial charge is 0.406 e. The van der Waals surface area contributed by atoms with Crippen LogP contribution in [0.3, 0.4) is 0 Å².